The number of hydrogen-bond acceptors (Lipinski definition) is 6. The van der Waals surface area contributed by atoms with Gasteiger partial charge in [-0.15, -0.1) is 0 Å². The molecule has 0 aliphatic rings. The third-order valence-corrected chi connectivity index (χ3v) is 4.08. The largest absolute Gasteiger partial charge is 0.478 e. The van der Waals surface area contributed by atoms with Crippen molar-refractivity contribution < 1.29 is 9.47 Å². The van der Waals surface area contributed by atoms with E-state index in [1.54, 1.807) is 6.20 Å². The predicted octanol–water partition coefficient (Wildman–Crippen LogP) is 4.53. The summed E-state index contributed by atoms with van der Waals surface area (Å²) >= 11 is 0. The molecule has 0 saturated heterocycles. The van der Waals surface area contributed by atoms with Gasteiger partial charge in [0.2, 0.25) is 11.8 Å². The lowest BCUT2D eigenvalue weighted by atomic mass is 10.1. The standard InChI is InChI=1S/C22H22N4O2/c1-3-27-20(23)16-7-5-15(6-8-16)19-13-14-25-22(26-19)18-11-9-17(10-12-18)21(24)28-4-2/h5-14,23-24H,3-4H2,1-2H3. The van der Waals surface area contributed by atoms with Crippen molar-refractivity contribution in [2.75, 3.05) is 13.2 Å². The lowest BCUT2D eigenvalue weighted by Gasteiger charge is -2.08. The number of nitrogens with one attached hydrogen (secondary N) is 2. The molecule has 142 valence electrons. The highest BCUT2D eigenvalue weighted by Crippen LogP contribution is 2.22. The second-order valence-corrected chi connectivity index (χ2v) is 5.94. The van der Waals surface area contributed by atoms with Gasteiger partial charge < -0.3 is 9.47 Å². The molecule has 0 fully saturated rings. The molecule has 0 spiro atoms. The van der Waals surface area contributed by atoms with E-state index in [9.17, 15) is 0 Å². The third kappa shape index (κ3) is 4.40. The van der Waals surface area contributed by atoms with Gasteiger partial charge in [0.05, 0.1) is 18.9 Å². The molecule has 0 aliphatic carbocycles. The zero-order valence-electron chi connectivity index (χ0n) is 15.9. The molecule has 1 heterocycles. The topological polar surface area (TPSA) is 91.9 Å². The summed E-state index contributed by atoms with van der Waals surface area (Å²) < 4.78 is 10.4. The Balaban J connectivity index is 1.82. The Morgan fingerprint density at radius 3 is 1.75 bits per heavy atom. The molecule has 0 saturated carbocycles. The number of nitrogens with zero attached hydrogens (tertiary/aromatic N) is 2. The van der Waals surface area contributed by atoms with Gasteiger partial charge in [-0.2, -0.15) is 0 Å². The lowest BCUT2D eigenvalue weighted by Crippen LogP contribution is -2.04. The van der Waals surface area contributed by atoms with Crippen LogP contribution >= 0.6 is 0 Å². The highest BCUT2D eigenvalue weighted by molar-refractivity contribution is 5.92. The minimum absolute atomic E-state index is 0.154. The summed E-state index contributed by atoms with van der Waals surface area (Å²) in [7, 11) is 0. The molecule has 2 aromatic carbocycles. The summed E-state index contributed by atoms with van der Waals surface area (Å²) in [5, 5.41) is 15.7. The van der Waals surface area contributed by atoms with Gasteiger partial charge in [-0.3, -0.25) is 10.8 Å². The van der Waals surface area contributed by atoms with E-state index in [0.29, 0.717) is 24.6 Å². The quantitative estimate of drug-likeness (QED) is 0.490. The second-order valence-electron chi connectivity index (χ2n) is 5.94. The molecule has 0 unspecified atom stereocenters. The van der Waals surface area contributed by atoms with E-state index in [4.69, 9.17) is 20.3 Å². The molecule has 2 N–H and O–H groups in total. The van der Waals surface area contributed by atoms with Gasteiger partial charge in [-0.1, -0.05) is 24.3 Å². The van der Waals surface area contributed by atoms with Gasteiger partial charge in [0.15, 0.2) is 5.82 Å². The van der Waals surface area contributed by atoms with Crippen LogP contribution in [-0.4, -0.2) is 35.0 Å². The zero-order valence-corrected chi connectivity index (χ0v) is 15.9. The summed E-state index contributed by atoms with van der Waals surface area (Å²) in [5.41, 5.74) is 4.04. The first kappa shape index (κ1) is 19.2. The van der Waals surface area contributed by atoms with E-state index in [0.717, 1.165) is 22.4 Å². The average molecular weight is 374 g/mol. The highest BCUT2D eigenvalue weighted by atomic mass is 16.5. The lowest BCUT2D eigenvalue weighted by molar-refractivity contribution is 0.325. The van der Waals surface area contributed by atoms with Gasteiger partial charge >= 0.3 is 0 Å². The molecule has 6 heteroatoms. The monoisotopic (exact) mass is 374 g/mol. The van der Waals surface area contributed by atoms with Crippen LogP contribution in [0.15, 0.2) is 60.8 Å². The normalized spacial score (nSPS) is 10.4. The Bertz CT molecular complexity index is 890. The van der Waals surface area contributed by atoms with Crippen molar-refractivity contribution in [1.29, 1.82) is 10.8 Å². The van der Waals surface area contributed by atoms with Crippen molar-refractivity contribution >= 4 is 11.8 Å². The number of ether oxygens (including phenoxy) is 2. The van der Waals surface area contributed by atoms with Gasteiger partial charge in [0.25, 0.3) is 0 Å². The third-order valence-electron chi connectivity index (χ3n) is 4.08. The van der Waals surface area contributed by atoms with Crippen LogP contribution in [-0.2, 0) is 9.47 Å². The fraction of sp³-hybridized carbons (Fsp3) is 0.182. The summed E-state index contributed by atoms with van der Waals surface area (Å²) in [6.07, 6.45) is 1.73. The summed E-state index contributed by atoms with van der Waals surface area (Å²) in [4.78, 5) is 9.02. The maximum atomic E-state index is 7.85. The van der Waals surface area contributed by atoms with Crippen molar-refractivity contribution in [2.45, 2.75) is 13.8 Å². The zero-order chi connectivity index (χ0) is 19.9. The molecule has 28 heavy (non-hydrogen) atoms. The SMILES string of the molecule is CCOC(=N)c1ccc(-c2ccnc(-c3ccc(C(=N)OCC)cc3)n2)cc1. The van der Waals surface area contributed by atoms with Crippen LogP contribution in [0, 0.1) is 10.8 Å². The molecule has 3 rings (SSSR count). The predicted molar refractivity (Wildman–Crippen MR) is 110 cm³/mol. The average Bonchev–Trinajstić information content (AvgIpc) is 2.74. The van der Waals surface area contributed by atoms with Gasteiger partial charge in [-0.05, 0) is 44.2 Å². The van der Waals surface area contributed by atoms with Crippen molar-refractivity contribution in [2.24, 2.45) is 0 Å². The van der Waals surface area contributed by atoms with Gasteiger partial charge in [0.1, 0.15) is 0 Å². The Hall–Kier alpha value is -3.54. The minimum atomic E-state index is 0.154. The molecule has 0 bridgehead atoms. The van der Waals surface area contributed by atoms with E-state index in [-0.39, 0.29) is 11.8 Å². The molecule has 0 amide bonds. The number of hydrogen-bond donors (Lipinski definition) is 2. The van der Waals surface area contributed by atoms with E-state index in [1.165, 1.54) is 0 Å². The fourth-order valence-corrected chi connectivity index (χ4v) is 2.68. The van der Waals surface area contributed by atoms with E-state index < -0.39 is 0 Å². The van der Waals surface area contributed by atoms with Crippen molar-refractivity contribution in [1.82, 2.24) is 9.97 Å². The van der Waals surface area contributed by atoms with Crippen LogP contribution < -0.4 is 0 Å². The Labute approximate surface area is 164 Å². The van der Waals surface area contributed by atoms with Crippen LogP contribution in [0.25, 0.3) is 22.6 Å². The van der Waals surface area contributed by atoms with Crippen molar-refractivity contribution in [3.63, 3.8) is 0 Å². The minimum Gasteiger partial charge on any atom is -0.478 e. The number of rotatable bonds is 6. The van der Waals surface area contributed by atoms with Gasteiger partial charge in [0, 0.05) is 28.5 Å². The first-order valence-electron chi connectivity index (χ1n) is 9.09. The first-order valence-corrected chi connectivity index (χ1v) is 9.09. The van der Waals surface area contributed by atoms with Crippen molar-refractivity contribution in [3.8, 4) is 22.6 Å². The maximum Gasteiger partial charge on any atom is 0.213 e. The molecule has 0 aliphatic heterocycles. The molecule has 6 nitrogen and oxygen atoms in total. The fourth-order valence-electron chi connectivity index (χ4n) is 2.68. The van der Waals surface area contributed by atoms with E-state index >= 15 is 0 Å². The van der Waals surface area contributed by atoms with Crippen LogP contribution in [0.5, 0.6) is 0 Å². The maximum absolute atomic E-state index is 7.85. The number of benzene rings is 2. The van der Waals surface area contributed by atoms with E-state index in [2.05, 4.69) is 9.97 Å². The summed E-state index contributed by atoms with van der Waals surface area (Å²) in [6, 6.07) is 16.8. The highest BCUT2D eigenvalue weighted by Gasteiger charge is 2.08. The van der Waals surface area contributed by atoms with Crippen LogP contribution in [0.3, 0.4) is 0 Å². The Kier molecular flexibility index (Phi) is 6.11. The molecule has 3 aromatic rings. The van der Waals surface area contributed by atoms with E-state index in [1.807, 2.05) is 68.4 Å². The first-order chi connectivity index (χ1) is 13.6. The summed E-state index contributed by atoms with van der Waals surface area (Å²) in [5.74, 6) is 0.926. The molecular weight excluding hydrogens is 352 g/mol. The van der Waals surface area contributed by atoms with Crippen LogP contribution in [0.2, 0.25) is 0 Å². The van der Waals surface area contributed by atoms with Crippen LogP contribution in [0.1, 0.15) is 25.0 Å². The Morgan fingerprint density at radius 2 is 1.25 bits per heavy atom. The van der Waals surface area contributed by atoms with Crippen LogP contribution in [0.4, 0.5) is 0 Å². The Morgan fingerprint density at radius 1 is 0.750 bits per heavy atom. The molecule has 1 aromatic heterocycles. The van der Waals surface area contributed by atoms with Crippen molar-refractivity contribution in [3.05, 3.63) is 71.9 Å². The smallest absolute Gasteiger partial charge is 0.213 e. The summed E-state index contributed by atoms with van der Waals surface area (Å²) in [6.45, 7) is 4.65. The molecule has 0 atom stereocenters. The molecule has 0 radical (unpaired) electrons. The molecular formula is C22H22N4O2. The number of aromatic nitrogens is 2. The second kappa shape index (κ2) is 8.90. The van der Waals surface area contributed by atoms with Gasteiger partial charge in [-0.25, -0.2) is 9.97 Å².